The molecule has 3 aliphatic rings. The zero-order valence-electron chi connectivity index (χ0n) is 10.4. The third-order valence-corrected chi connectivity index (χ3v) is 3.76. The van der Waals surface area contributed by atoms with Gasteiger partial charge in [0, 0.05) is 5.54 Å². The maximum absolute atomic E-state index is 11.7. The summed E-state index contributed by atoms with van der Waals surface area (Å²) in [5, 5.41) is 3.02. The smallest absolute Gasteiger partial charge is 0.408 e. The fourth-order valence-electron chi connectivity index (χ4n) is 3.16. The van der Waals surface area contributed by atoms with Crippen LogP contribution in [-0.2, 0) is 4.74 Å². The van der Waals surface area contributed by atoms with Crippen LogP contribution in [0, 0.1) is 5.41 Å². The van der Waals surface area contributed by atoms with Crippen LogP contribution in [0.25, 0.3) is 0 Å². The number of ether oxygens (including phenoxy) is 1. The molecule has 0 saturated heterocycles. The highest BCUT2D eigenvalue weighted by Crippen LogP contribution is 2.60. The van der Waals surface area contributed by atoms with Gasteiger partial charge in [-0.15, -0.1) is 0 Å². The fraction of sp³-hybridized carbons (Fsp3) is 0.917. The molecule has 0 unspecified atom stereocenters. The molecule has 0 heterocycles. The third-order valence-electron chi connectivity index (χ3n) is 3.76. The minimum absolute atomic E-state index is 0.0122. The van der Waals surface area contributed by atoms with Crippen LogP contribution < -0.4 is 11.1 Å². The molecule has 3 rings (SSSR count). The number of alkyl carbamates (subject to hydrolysis) is 1. The first-order valence-corrected chi connectivity index (χ1v) is 6.00. The van der Waals surface area contributed by atoms with Crippen molar-refractivity contribution in [3.8, 4) is 0 Å². The van der Waals surface area contributed by atoms with Crippen molar-refractivity contribution < 1.29 is 9.53 Å². The van der Waals surface area contributed by atoms with E-state index in [4.69, 9.17) is 10.5 Å². The molecule has 0 aromatic heterocycles. The predicted molar refractivity (Wildman–Crippen MR) is 62.1 cm³/mol. The molecular weight excluding hydrogens is 204 g/mol. The summed E-state index contributed by atoms with van der Waals surface area (Å²) in [6.45, 7) is 6.38. The molecule has 2 bridgehead atoms. The molecule has 4 nitrogen and oxygen atoms in total. The quantitative estimate of drug-likeness (QED) is 0.754. The Morgan fingerprint density at radius 1 is 1.38 bits per heavy atom. The second-order valence-electron chi connectivity index (χ2n) is 6.46. The Morgan fingerprint density at radius 3 is 2.44 bits per heavy atom. The van der Waals surface area contributed by atoms with Gasteiger partial charge in [-0.3, -0.25) is 0 Å². The van der Waals surface area contributed by atoms with E-state index in [2.05, 4.69) is 5.32 Å². The van der Waals surface area contributed by atoms with Gasteiger partial charge in [0.15, 0.2) is 0 Å². The van der Waals surface area contributed by atoms with Crippen molar-refractivity contribution in [2.24, 2.45) is 11.1 Å². The summed E-state index contributed by atoms with van der Waals surface area (Å²) < 4.78 is 5.27. The Bertz CT molecular complexity index is 301. The van der Waals surface area contributed by atoms with Crippen LogP contribution in [0.5, 0.6) is 0 Å². The van der Waals surface area contributed by atoms with Gasteiger partial charge in [0.1, 0.15) is 5.60 Å². The van der Waals surface area contributed by atoms with Crippen molar-refractivity contribution in [1.29, 1.82) is 0 Å². The van der Waals surface area contributed by atoms with E-state index in [1.807, 2.05) is 20.8 Å². The summed E-state index contributed by atoms with van der Waals surface area (Å²) in [5.41, 5.74) is 5.63. The summed E-state index contributed by atoms with van der Waals surface area (Å²) in [5.74, 6) is 0. The lowest BCUT2D eigenvalue weighted by Crippen LogP contribution is -2.58. The molecule has 0 aliphatic heterocycles. The fourth-order valence-corrected chi connectivity index (χ4v) is 3.16. The minimum atomic E-state index is -0.423. The molecule has 3 N–H and O–H groups in total. The molecule has 3 aliphatic carbocycles. The van der Waals surface area contributed by atoms with E-state index in [1.54, 1.807) is 0 Å². The van der Waals surface area contributed by atoms with Crippen LogP contribution in [0.15, 0.2) is 0 Å². The van der Waals surface area contributed by atoms with Gasteiger partial charge in [-0.2, -0.15) is 0 Å². The Labute approximate surface area is 96.9 Å². The molecule has 0 atom stereocenters. The molecule has 0 spiro atoms. The number of nitrogens with one attached hydrogen (secondary N) is 1. The molecule has 3 saturated carbocycles. The Morgan fingerprint density at radius 2 is 2.00 bits per heavy atom. The molecule has 0 aromatic rings. The summed E-state index contributed by atoms with van der Waals surface area (Å²) in [6.07, 6.45) is 3.94. The van der Waals surface area contributed by atoms with Crippen LogP contribution in [0.3, 0.4) is 0 Å². The van der Waals surface area contributed by atoms with E-state index in [9.17, 15) is 4.79 Å². The second-order valence-corrected chi connectivity index (χ2v) is 6.46. The molecule has 3 fully saturated rings. The number of rotatable bonds is 2. The third kappa shape index (κ3) is 2.03. The van der Waals surface area contributed by atoms with E-state index in [0.717, 1.165) is 32.2 Å². The Hall–Kier alpha value is -0.770. The van der Waals surface area contributed by atoms with Crippen molar-refractivity contribution in [2.45, 2.75) is 57.6 Å². The monoisotopic (exact) mass is 226 g/mol. The normalized spacial score (nSPS) is 36.8. The van der Waals surface area contributed by atoms with Gasteiger partial charge in [0.2, 0.25) is 0 Å². The van der Waals surface area contributed by atoms with Crippen molar-refractivity contribution in [1.82, 2.24) is 5.32 Å². The SMILES string of the molecule is CC(C)(C)OC(=O)NC12CCC(CN)(C1)C2. The van der Waals surface area contributed by atoms with E-state index in [1.165, 1.54) is 0 Å². The maximum atomic E-state index is 11.7. The molecule has 1 amide bonds. The summed E-state index contributed by atoms with van der Waals surface area (Å²) in [6, 6.07) is 0. The van der Waals surface area contributed by atoms with Crippen molar-refractivity contribution >= 4 is 6.09 Å². The lowest BCUT2D eigenvalue weighted by Gasteiger charge is -2.47. The van der Waals surface area contributed by atoms with Crippen molar-refractivity contribution in [3.63, 3.8) is 0 Å². The summed E-state index contributed by atoms with van der Waals surface area (Å²) in [7, 11) is 0. The van der Waals surface area contributed by atoms with Crippen LogP contribution in [-0.4, -0.2) is 23.8 Å². The average molecular weight is 226 g/mol. The van der Waals surface area contributed by atoms with Gasteiger partial charge >= 0.3 is 6.09 Å². The molecule has 0 radical (unpaired) electrons. The number of hydrogen-bond acceptors (Lipinski definition) is 3. The van der Waals surface area contributed by atoms with Gasteiger partial charge in [0.05, 0.1) is 0 Å². The van der Waals surface area contributed by atoms with Crippen LogP contribution in [0.2, 0.25) is 0 Å². The lowest BCUT2D eigenvalue weighted by molar-refractivity contribution is 0.0293. The molecule has 0 aromatic carbocycles. The van der Waals surface area contributed by atoms with Gasteiger partial charge in [-0.1, -0.05) is 0 Å². The zero-order valence-corrected chi connectivity index (χ0v) is 10.4. The number of fused-ring (bicyclic) bond motifs is 1. The Kier molecular flexibility index (Phi) is 2.46. The number of amides is 1. The van der Waals surface area contributed by atoms with Crippen LogP contribution in [0.4, 0.5) is 4.79 Å². The van der Waals surface area contributed by atoms with Gasteiger partial charge < -0.3 is 15.8 Å². The van der Waals surface area contributed by atoms with Gasteiger partial charge in [0.25, 0.3) is 0 Å². The van der Waals surface area contributed by atoms with Gasteiger partial charge in [-0.05, 0) is 58.4 Å². The highest BCUT2D eigenvalue weighted by atomic mass is 16.6. The maximum Gasteiger partial charge on any atom is 0.408 e. The number of hydrogen-bond donors (Lipinski definition) is 2. The Balaban J connectivity index is 1.87. The number of nitrogens with two attached hydrogens (primary N) is 1. The largest absolute Gasteiger partial charge is 0.444 e. The van der Waals surface area contributed by atoms with E-state index < -0.39 is 5.60 Å². The van der Waals surface area contributed by atoms with Crippen LogP contribution >= 0.6 is 0 Å². The van der Waals surface area contributed by atoms with E-state index in [-0.39, 0.29) is 11.6 Å². The standard InChI is InChI=1S/C12H22N2O2/c1-10(2,3)16-9(15)14-12-5-4-11(6-12,7-12)8-13/h4-8,13H2,1-3H3,(H,14,15). The highest BCUT2D eigenvalue weighted by molar-refractivity contribution is 5.69. The van der Waals surface area contributed by atoms with E-state index >= 15 is 0 Å². The van der Waals surface area contributed by atoms with Crippen molar-refractivity contribution in [3.05, 3.63) is 0 Å². The first-order chi connectivity index (χ1) is 7.28. The number of carbonyl (C=O) groups excluding carboxylic acids is 1. The topological polar surface area (TPSA) is 64.3 Å². The number of carbonyl (C=O) groups is 1. The van der Waals surface area contributed by atoms with Crippen molar-refractivity contribution in [2.75, 3.05) is 6.54 Å². The predicted octanol–water partition coefficient (Wildman–Crippen LogP) is 1.78. The molecule has 4 heteroatoms. The molecular formula is C12H22N2O2. The van der Waals surface area contributed by atoms with E-state index in [0.29, 0.717) is 5.41 Å². The zero-order chi connectivity index (χ0) is 12.0. The van der Waals surface area contributed by atoms with Gasteiger partial charge in [-0.25, -0.2) is 4.79 Å². The summed E-state index contributed by atoms with van der Waals surface area (Å²) >= 11 is 0. The first kappa shape index (κ1) is 11.7. The highest BCUT2D eigenvalue weighted by Gasteiger charge is 2.60. The lowest BCUT2D eigenvalue weighted by atomic mass is 9.65. The second kappa shape index (κ2) is 3.36. The summed E-state index contributed by atoms with van der Waals surface area (Å²) in [4.78, 5) is 11.7. The average Bonchev–Trinajstić information content (AvgIpc) is 2.55. The van der Waals surface area contributed by atoms with Crippen LogP contribution in [0.1, 0.15) is 46.5 Å². The molecule has 92 valence electrons. The molecule has 16 heavy (non-hydrogen) atoms. The first-order valence-electron chi connectivity index (χ1n) is 6.00. The minimum Gasteiger partial charge on any atom is -0.444 e.